The van der Waals surface area contributed by atoms with Crippen LogP contribution in [0.25, 0.3) is 10.9 Å². The first-order valence-electron chi connectivity index (χ1n) is 7.70. The maximum atomic E-state index is 12.8. The predicted molar refractivity (Wildman–Crippen MR) is 86.3 cm³/mol. The number of β-amino-alcohol motifs (C(OH)–C–C–N with tert-alkyl or cyclic N) is 1. The summed E-state index contributed by atoms with van der Waals surface area (Å²) in [5.41, 5.74) is 0.824. The van der Waals surface area contributed by atoms with Gasteiger partial charge < -0.3 is 19.7 Å². The molecule has 0 bridgehead atoms. The number of pyridine rings is 1. The summed E-state index contributed by atoms with van der Waals surface area (Å²) >= 11 is 0. The second kappa shape index (κ2) is 6.14. The van der Waals surface area contributed by atoms with E-state index in [4.69, 9.17) is 0 Å². The second-order valence-corrected chi connectivity index (χ2v) is 6.02. The number of aryl methyl sites for hydroxylation is 1. The zero-order chi connectivity index (χ0) is 16.6. The van der Waals surface area contributed by atoms with Crippen LogP contribution in [0.3, 0.4) is 0 Å². The minimum Gasteiger partial charge on any atom is -0.396 e. The van der Waals surface area contributed by atoms with Gasteiger partial charge in [0.15, 0.2) is 0 Å². The van der Waals surface area contributed by atoms with Crippen molar-refractivity contribution in [2.24, 2.45) is 13.0 Å². The highest BCUT2D eigenvalue weighted by atomic mass is 16.3. The van der Waals surface area contributed by atoms with Gasteiger partial charge in [-0.15, -0.1) is 0 Å². The van der Waals surface area contributed by atoms with Crippen molar-refractivity contribution >= 4 is 16.8 Å². The summed E-state index contributed by atoms with van der Waals surface area (Å²) in [4.78, 5) is 26.5. The molecule has 0 unspecified atom stereocenters. The van der Waals surface area contributed by atoms with Crippen molar-refractivity contribution in [1.82, 2.24) is 9.47 Å². The van der Waals surface area contributed by atoms with Crippen LogP contribution in [0.4, 0.5) is 0 Å². The third-order valence-corrected chi connectivity index (χ3v) is 4.63. The molecule has 2 N–H and O–H groups in total. The topological polar surface area (TPSA) is 82.8 Å². The van der Waals surface area contributed by atoms with Crippen LogP contribution in [0, 0.1) is 5.92 Å². The van der Waals surface area contributed by atoms with Gasteiger partial charge in [0.05, 0.1) is 17.2 Å². The standard InChI is InChI=1S/C17H20N2O4/c1-18-14-5-3-2-4-12(14)13(8-16(18)22)17(23)19-7-6-11(10-20)15(21)9-19/h2-5,8,11,15,20-21H,6-7,9-10H2,1H3/t11-,15+/m0/s1. The quantitative estimate of drug-likeness (QED) is 0.838. The maximum absolute atomic E-state index is 12.8. The molecule has 0 radical (unpaired) electrons. The average Bonchev–Trinajstić information content (AvgIpc) is 2.57. The molecule has 1 aromatic carbocycles. The van der Waals surface area contributed by atoms with Crippen molar-refractivity contribution in [2.75, 3.05) is 19.7 Å². The van der Waals surface area contributed by atoms with Gasteiger partial charge in [-0.05, 0) is 12.5 Å². The summed E-state index contributed by atoms with van der Waals surface area (Å²) in [5.74, 6) is -0.450. The van der Waals surface area contributed by atoms with Crippen LogP contribution in [0.15, 0.2) is 35.1 Å². The fraction of sp³-hybridized carbons (Fsp3) is 0.412. The van der Waals surface area contributed by atoms with E-state index in [1.807, 2.05) is 18.2 Å². The normalized spacial score (nSPS) is 21.6. The Hall–Kier alpha value is -2.18. The molecule has 23 heavy (non-hydrogen) atoms. The van der Waals surface area contributed by atoms with E-state index in [0.717, 1.165) is 5.39 Å². The van der Waals surface area contributed by atoms with Gasteiger partial charge in [-0.25, -0.2) is 0 Å². The number of aliphatic hydroxyl groups excluding tert-OH is 2. The molecule has 2 heterocycles. The van der Waals surface area contributed by atoms with E-state index in [-0.39, 0.29) is 30.5 Å². The Morgan fingerprint density at radius 3 is 2.78 bits per heavy atom. The van der Waals surface area contributed by atoms with Crippen molar-refractivity contribution in [2.45, 2.75) is 12.5 Å². The number of hydrogen-bond acceptors (Lipinski definition) is 4. The molecule has 0 spiro atoms. The molecule has 2 aromatic rings. The lowest BCUT2D eigenvalue weighted by atomic mass is 9.94. The molecule has 1 aliphatic heterocycles. The predicted octanol–water partition coefficient (Wildman–Crippen LogP) is 0.354. The molecule has 1 saturated heterocycles. The lowest BCUT2D eigenvalue weighted by Gasteiger charge is -2.35. The van der Waals surface area contributed by atoms with E-state index in [0.29, 0.717) is 24.0 Å². The molecule has 6 heteroatoms. The summed E-state index contributed by atoms with van der Waals surface area (Å²) in [5, 5.41) is 20.0. The Morgan fingerprint density at radius 1 is 1.35 bits per heavy atom. The summed E-state index contributed by atoms with van der Waals surface area (Å²) < 4.78 is 1.51. The van der Waals surface area contributed by atoms with Crippen molar-refractivity contribution < 1.29 is 15.0 Å². The third-order valence-electron chi connectivity index (χ3n) is 4.63. The summed E-state index contributed by atoms with van der Waals surface area (Å²) in [7, 11) is 1.68. The molecule has 1 aliphatic rings. The highest BCUT2D eigenvalue weighted by Crippen LogP contribution is 2.22. The Labute approximate surface area is 133 Å². The van der Waals surface area contributed by atoms with Gasteiger partial charge in [-0.2, -0.15) is 0 Å². The van der Waals surface area contributed by atoms with Crippen LogP contribution in [0.5, 0.6) is 0 Å². The molecule has 1 amide bonds. The Balaban J connectivity index is 1.99. The summed E-state index contributed by atoms with van der Waals surface area (Å²) in [6.07, 6.45) is -0.192. The van der Waals surface area contributed by atoms with Gasteiger partial charge in [0, 0.05) is 44.1 Å². The second-order valence-electron chi connectivity index (χ2n) is 6.02. The Kier molecular flexibility index (Phi) is 4.19. The van der Waals surface area contributed by atoms with E-state index in [1.165, 1.54) is 10.6 Å². The van der Waals surface area contributed by atoms with Crippen molar-refractivity contribution in [3.63, 3.8) is 0 Å². The Bertz CT molecular complexity index is 799. The summed E-state index contributed by atoms with van der Waals surface area (Å²) in [6, 6.07) is 8.64. The van der Waals surface area contributed by atoms with E-state index in [2.05, 4.69) is 0 Å². The first-order valence-corrected chi connectivity index (χ1v) is 7.70. The third kappa shape index (κ3) is 2.75. The number of hydrogen-bond donors (Lipinski definition) is 2. The van der Waals surface area contributed by atoms with Gasteiger partial charge in [0.25, 0.3) is 11.5 Å². The first kappa shape index (κ1) is 15.7. The van der Waals surface area contributed by atoms with Crippen molar-refractivity contribution in [3.8, 4) is 0 Å². The molecule has 122 valence electrons. The highest BCUT2D eigenvalue weighted by molar-refractivity contribution is 6.06. The van der Waals surface area contributed by atoms with Crippen LogP contribution in [0.2, 0.25) is 0 Å². The highest BCUT2D eigenvalue weighted by Gasteiger charge is 2.30. The number of nitrogens with zero attached hydrogens (tertiary/aromatic N) is 2. The zero-order valence-corrected chi connectivity index (χ0v) is 13.0. The average molecular weight is 316 g/mol. The molecule has 0 aliphatic carbocycles. The van der Waals surface area contributed by atoms with Crippen molar-refractivity contribution in [3.05, 3.63) is 46.2 Å². The van der Waals surface area contributed by atoms with Crippen LogP contribution in [-0.4, -0.2) is 51.4 Å². The number of para-hydroxylation sites is 1. The number of likely N-dealkylation sites (tertiary alicyclic amines) is 1. The largest absolute Gasteiger partial charge is 0.396 e. The smallest absolute Gasteiger partial charge is 0.254 e. The molecular formula is C17H20N2O4. The van der Waals surface area contributed by atoms with E-state index >= 15 is 0 Å². The number of piperidine rings is 1. The molecule has 2 atom stereocenters. The fourth-order valence-electron chi connectivity index (χ4n) is 3.14. The van der Waals surface area contributed by atoms with Gasteiger partial charge in [-0.3, -0.25) is 9.59 Å². The van der Waals surface area contributed by atoms with Crippen LogP contribution in [-0.2, 0) is 7.05 Å². The number of aliphatic hydroxyl groups is 2. The van der Waals surface area contributed by atoms with Gasteiger partial charge in [0.2, 0.25) is 0 Å². The zero-order valence-electron chi connectivity index (χ0n) is 13.0. The van der Waals surface area contributed by atoms with E-state index in [1.54, 1.807) is 18.0 Å². The minimum absolute atomic E-state index is 0.0853. The molecule has 0 saturated carbocycles. The molecule has 3 rings (SSSR count). The molecule has 1 fully saturated rings. The number of amides is 1. The van der Waals surface area contributed by atoms with Crippen LogP contribution in [0.1, 0.15) is 16.8 Å². The molecule has 6 nitrogen and oxygen atoms in total. The number of rotatable bonds is 2. The van der Waals surface area contributed by atoms with Crippen molar-refractivity contribution in [1.29, 1.82) is 0 Å². The van der Waals surface area contributed by atoms with Gasteiger partial charge in [0.1, 0.15) is 0 Å². The maximum Gasteiger partial charge on any atom is 0.254 e. The number of aromatic nitrogens is 1. The minimum atomic E-state index is -0.740. The van der Waals surface area contributed by atoms with Crippen LogP contribution < -0.4 is 5.56 Å². The monoisotopic (exact) mass is 316 g/mol. The van der Waals surface area contributed by atoms with E-state index < -0.39 is 6.10 Å². The number of carbonyl (C=O) groups excluding carboxylic acids is 1. The first-order chi connectivity index (χ1) is 11.0. The lowest BCUT2D eigenvalue weighted by molar-refractivity contribution is 0.000943. The van der Waals surface area contributed by atoms with Gasteiger partial charge in [-0.1, -0.05) is 18.2 Å². The van der Waals surface area contributed by atoms with Gasteiger partial charge >= 0.3 is 0 Å². The SMILES string of the molecule is Cn1c(=O)cc(C(=O)N2CC[C@@H](CO)[C@H](O)C2)c2ccccc21. The fourth-order valence-corrected chi connectivity index (χ4v) is 3.14. The number of fused-ring (bicyclic) bond motifs is 1. The molecular weight excluding hydrogens is 296 g/mol. The summed E-state index contributed by atoms with van der Waals surface area (Å²) in [6.45, 7) is 0.552. The molecule has 1 aromatic heterocycles. The number of benzene rings is 1. The Morgan fingerprint density at radius 2 is 2.09 bits per heavy atom. The van der Waals surface area contributed by atoms with E-state index in [9.17, 15) is 19.8 Å². The number of carbonyl (C=O) groups is 1. The van der Waals surface area contributed by atoms with Crippen LogP contribution >= 0.6 is 0 Å². The lowest BCUT2D eigenvalue weighted by Crippen LogP contribution is -2.47.